The monoisotopic (exact) mass is 310 g/mol. The van der Waals surface area contributed by atoms with Gasteiger partial charge in [0.15, 0.2) is 0 Å². The second kappa shape index (κ2) is 5.09. The lowest BCUT2D eigenvalue weighted by molar-refractivity contribution is 0.102. The van der Waals surface area contributed by atoms with Gasteiger partial charge in [0.1, 0.15) is 11.6 Å². The molecule has 0 aliphatic rings. The molecule has 0 saturated heterocycles. The van der Waals surface area contributed by atoms with Crippen LogP contribution >= 0.6 is 15.9 Å². The van der Waals surface area contributed by atoms with E-state index in [1.165, 1.54) is 12.4 Å². The third-order valence-electron chi connectivity index (χ3n) is 2.15. The van der Waals surface area contributed by atoms with Gasteiger partial charge in [-0.15, -0.1) is 0 Å². The van der Waals surface area contributed by atoms with Crippen LogP contribution in [-0.4, -0.2) is 15.9 Å². The summed E-state index contributed by atoms with van der Waals surface area (Å²) < 4.78 is 13.6. The molecule has 7 heteroatoms. The summed E-state index contributed by atoms with van der Waals surface area (Å²) in [6, 6.07) is 2.64. The molecular formula is C11H8BrFN4O. The molecule has 0 aromatic carbocycles. The van der Waals surface area contributed by atoms with Crippen LogP contribution in [0.4, 0.5) is 15.9 Å². The number of halogens is 2. The maximum absolute atomic E-state index is 13.0. The Morgan fingerprint density at radius 2 is 2.22 bits per heavy atom. The fourth-order valence-electron chi connectivity index (χ4n) is 1.30. The van der Waals surface area contributed by atoms with Crippen molar-refractivity contribution in [2.75, 3.05) is 11.1 Å². The summed E-state index contributed by atoms with van der Waals surface area (Å²) in [5, 5.41) is 2.58. The summed E-state index contributed by atoms with van der Waals surface area (Å²) in [6.07, 6.45) is 4.00. The highest BCUT2D eigenvalue weighted by Gasteiger charge is 2.13. The lowest BCUT2D eigenvalue weighted by Crippen LogP contribution is -2.15. The van der Waals surface area contributed by atoms with Gasteiger partial charge < -0.3 is 11.1 Å². The minimum absolute atomic E-state index is 0.0151. The van der Waals surface area contributed by atoms with E-state index in [9.17, 15) is 9.18 Å². The van der Waals surface area contributed by atoms with Crippen molar-refractivity contribution in [1.29, 1.82) is 0 Å². The summed E-state index contributed by atoms with van der Waals surface area (Å²) in [5.74, 6) is -1.19. The second-order valence-electron chi connectivity index (χ2n) is 3.40. The summed E-state index contributed by atoms with van der Waals surface area (Å²) in [7, 11) is 0. The first kappa shape index (κ1) is 12.4. The number of nitrogens with two attached hydrogens (primary N) is 1. The van der Waals surface area contributed by atoms with E-state index < -0.39 is 11.7 Å². The van der Waals surface area contributed by atoms with E-state index in [2.05, 4.69) is 31.2 Å². The zero-order valence-corrected chi connectivity index (χ0v) is 10.6. The summed E-state index contributed by atoms with van der Waals surface area (Å²) in [4.78, 5) is 19.3. The number of aromatic nitrogens is 2. The Kier molecular flexibility index (Phi) is 3.52. The summed E-state index contributed by atoms with van der Waals surface area (Å²) >= 11 is 3.23. The molecule has 1 amide bonds. The maximum Gasteiger partial charge on any atom is 0.259 e. The Labute approximate surface area is 110 Å². The molecule has 2 heterocycles. The van der Waals surface area contributed by atoms with Crippen LogP contribution in [0, 0.1) is 5.82 Å². The highest BCUT2D eigenvalue weighted by molar-refractivity contribution is 9.10. The number of nitrogens with one attached hydrogen (secondary N) is 1. The maximum atomic E-state index is 13.0. The number of carbonyl (C=O) groups excluding carboxylic acids is 1. The number of anilines is 2. The van der Waals surface area contributed by atoms with E-state index in [1.807, 2.05) is 0 Å². The Balaban J connectivity index is 2.28. The molecule has 0 saturated carbocycles. The van der Waals surface area contributed by atoms with Gasteiger partial charge in [0.25, 0.3) is 5.91 Å². The molecule has 0 aliphatic carbocycles. The van der Waals surface area contributed by atoms with E-state index in [-0.39, 0.29) is 11.4 Å². The molecule has 0 spiro atoms. The predicted octanol–water partition coefficient (Wildman–Crippen LogP) is 2.21. The zero-order chi connectivity index (χ0) is 13.1. The Morgan fingerprint density at radius 3 is 2.94 bits per heavy atom. The Hall–Kier alpha value is -2.02. The first-order valence-electron chi connectivity index (χ1n) is 4.90. The van der Waals surface area contributed by atoms with Gasteiger partial charge in [-0.25, -0.2) is 9.37 Å². The van der Waals surface area contributed by atoms with Crippen molar-refractivity contribution in [3.8, 4) is 0 Å². The average molecular weight is 311 g/mol. The molecule has 0 bridgehead atoms. The first-order valence-corrected chi connectivity index (χ1v) is 5.69. The lowest BCUT2D eigenvalue weighted by atomic mass is 10.2. The van der Waals surface area contributed by atoms with Crippen molar-refractivity contribution in [2.24, 2.45) is 0 Å². The average Bonchev–Trinajstić information content (AvgIpc) is 2.35. The van der Waals surface area contributed by atoms with Crippen molar-refractivity contribution >= 4 is 33.3 Å². The van der Waals surface area contributed by atoms with Gasteiger partial charge in [-0.05, 0) is 28.1 Å². The molecule has 2 aromatic heterocycles. The third-order valence-corrected chi connectivity index (χ3v) is 2.78. The minimum atomic E-state index is -0.622. The molecule has 5 nitrogen and oxygen atoms in total. The quantitative estimate of drug-likeness (QED) is 0.891. The van der Waals surface area contributed by atoms with Crippen LogP contribution in [0.3, 0.4) is 0 Å². The number of pyridine rings is 2. The predicted molar refractivity (Wildman–Crippen MR) is 68.5 cm³/mol. The van der Waals surface area contributed by atoms with Crippen LogP contribution in [0.5, 0.6) is 0 Å². The van der Waals surface area contributed by atoms with Gasteiger partial charge in [0, 0.05) is 12.4 Å². The van der Waals surface area contributed by atoms with Crippen molar-refractivity contribution in [3.63, 3.8) is 0 Å². The number of carbonyl (C=O) groups is 1. The molecule has 92 valence electrons. The van der Waals surface area contributed by atoms with Gasteiger partial charge in [0.2, 0.25) is 0 Å². The molecule has 0 unspecified atom stereocenters. The lowest BCUT2D eigenvalue weighted by Gasteiger charge is -2.08. The topological polar surface area (TPSA) is 80.9 Å². The van der Waals surface area contributed by atoms with Crippen LogP contribution in [0.1, 0.15) is 10.4 Å². The fraction of sp³-hybridized carbons (Fsp3) is 0. The van der Waals surface area contributed by atoms with Crippen LogP contribution in [-0.2, 0) is 0 Å². The zero-order valence-electron chi connectivity index (χ0n) is 9.02. The second-order valence-corrected chi connectivity index (χ2v) is 4.25. The number of nitrogen functional groups attached to an aromatic ring is 1. The summed E-state index contributed by atoms with van der Waals surface area (Å²) in [5.41, 5.74) is 6.02. The van der Waals surface area contributed by atoms with E-state index in [0.29, 0.717) is 10.2 Å². The number of amides is 1. The van der Waals surface area contributed by atoms with E-state index in [1.54, 1.807) is 6.07 Å². The van der Waals surface area contributed by atoms with Gasteiger partial charge in [0.05, 0.1) is 21.9 Å². The van der Waals surface area contributed by atoms with E-state index >= 15 is 0 Å². The van der Waals surface area contributed by atoms with E-state index in [0.717, 1.165) is 12.3 Å². The largest absolute Gasteiger partial charge is 0.383 e. The number of hydrogen-bond acceptors (Lipinski definition) is 4. The molecule has 0 atom stereocenters. The molecule has 0 aliphatic heterocycles. The standard InChI is InChI=1S/C11H8BrFN4O/c12-8-5-15-2-1-9(8)17-11(18)7-3-6(13)4-16-10(7)14/h1-5H,(H2,14,16)(H,15,17,18). The van der Waals surface area contributed by atoms with Crippen molar-refractivity contribution in [3.05, 3.63) is 46.6 Å². The Morgan fingerprint density at radius 1 is 1.44 bits per heavy atom. The molecule has 3 N–H and O–H groups in total. The van der Waals surface area contributed by atoms with Crippen LogP contribution in [0.25, 0.3) is 0 Å². The van der Waals surface area contributed by atoms with Crippen LogP contribution < -0.4 is 11.1 Å². The van der Waals surface area contributed by atoms with Gasteiger partial charge in [-0.1, -0.05) is 0 Å². The van der Waals surface area contributed by atoms with Crippen LogP contribution in [0.2, 0.25) is 0 Å². The fourth-order valence-corrected chi connectivity index (χ4v) is 1.65. The Bertz CT molecular complexity index is 605. The van der Waals surface area contributed by atoms with Crippen molar-refractivity contribution in [2.45, 2.75) is 0 Å². The molecule has 2 aromatic rings. The molecule has 18 heavy (non-hydrogen) atoms. The molecule has 0 radical (unpaired) electrons. The molecule has 0 fully saturated rings. The third kappa shape index (κ3) is 2.62. The normalized spacial score (nSPS) is 10.1. The van der Waals surface area contributed by atoms with Crippen LogP contribution in [0.15, 0.2) is 35.2 Å². The highest BCUT2D eigenvalue weighted by Crippen LogP contribution is 2.21. The molecular weight excluding hydrogens is 303 g/mol. The van der Waals surface area contributed by atoms with Gasteiger partial charge in [-0.2, -0.15) is 0 Å². The molecule has 2 rings (SSSR count). The van der Waals surface area contributed by atoms with Crippen molar-refractivity contribution < 1.29 is 9.18 Å². The number of hydrogen-bond donors (Lipinski definition) is 2. The van der Waals surface area contributed by atoms with Gasteiger partial charge in [-0.3, -0.25) is 9.78 Å². The highest BCUT2D eigenvalue weighted by atomic mass is 79.9. The summed E-state index contributed by atoms with van der Waals surface area (Å²) in [6.45, 7) is 0. The minimum Gasteiger partial charge on any atom is -0.383 e. The first-order chi connectivity index (χ1) is 8.58. The smallest absolute Gasteiger partial charge is 0.259 e. The van der Waals surface area contributed by atoms with Crippen molar-refractivity contribution in [1.82, 2.24) is 9.97 Å². The number of nitrogens with zero attached hydrogens (tertiary/aromatic N) is 2. The van der Waals surface area contributed by atoms with Gasteiger partial charge >= 0.3 is 0 Å². The SMILES string of the molecule is Nc1ncc(F)cc1C(=O)Nc1ccncc1Br. The van der Waals surface area contributed by atoms with E-state index in [4.69, 9.17) is 5.73 Å². The number of rotatable bonds is 2.